The highest BCUT2D eigenvalue weighted by molar-refractivity contribution is 6.12. The molecule has 1 heterocycles. The molecular weight excluding hydrogens is 260 g/mol. The second-order valence-corrected chi connectivity index (χ2v) is 5.18. The lowest BCUT2D eigenvalue weighted by Gasteiger charge is -2.05. The number of nitrogens with zero attached hydrogens (tertiary/aromatic N) is 1. The van der Waals surface area contributed by atoms with Gasteiger partial charge < -0.3 is 9.88 Å². The normalized spacial score (nSPS) is 10.8. The van der Waals surface area contributed by atoms with Crippen molar-refractivity contribution in [1.82, 2.24) is 4.57 Å². The van der Waals surface area contributed by atoms with Gasteiger partial charge in [0.1, 0.15) is 0 Å². The number of nitrogens with one attached hydrogen (secondary N) is 1. The third-order valence-electron chi connectivity index (χ3n) is 3.76. The number of aromatic nitrogens is 1. The summed E-state index contributed by atoms with van der Waals surface area (Å²) in [5.74, 6) is -0.0731. The highest BCUT2D eigenvalue weighted by Gasteiger charge is 2.13. The molecule has 0 unspecified atom stereocenters. The third-order valence-corrected chi connectivity index (χ3v) is 3.76. The van der Waals surface area contributed by atoms with E-state index in [0.717, 1.165) is 23.0 Å². The van der Waals surface area contributed by atoms with Gasteiger partial charge in [-0.25, -0.2) is 0 Å². The largest absolute Gasteiger partial charge is 0.350 e. The summed E-state index contributed by atoms with van der Waals surface area (Å²) in [6.45, 7) is 2.11. The van der Waals surface area contributed by atoms with Gasteiger partial charge in [0.25, 0.3) is 5.91 Å². The quantitative estimate of drug-likeness (QED) is 0.772. The Balaban J connectivity index is 1.90. The predicted molar refractivity (Wildman–Crippen MR) is 86.7 cm³/mol. The van der Waals surface area contributed by atoms with Crippen LogP contribution in [-0.2, 0) is 13.5 Å². The summed E-state index contributed by atoms with van der Waals surface area (Å²) in [5, 5.41) is 3.94. The molecule has 21 heavy (non-hydrogen) atoms. The lowest BCUT2D eigenvalue weighted by atomic mass is 10.1. The van der Waals surface area contributed by atoms with Crippen molar-refractivity contribution in [1.29, 1.82) is 0 Å². The van der Waals surface area contributed by atoms with E-state index in [1.165, 1.54) is 5.56 Å². The van der Waals surface area contributed by atoms with Crippen molar-refractivity contribution in [3.63, 3.8) is 0 Å². The number of para-hydroxylation sites is 1. The monoisotopic (exact) mass is 278 g/mol. The van der Waals surface area contributed by atoms with Crippen LogP contribution in [0.2, 0.25) is 0 Å². The Morgan fingerprint density at radius 3 is 2.52 bits per heavy atom. The van der Waals surface area contributed by atoms with Crippen LogP contribution in [0, 0.1) is 0 Å². The zero-order chi connectivity index (χ0) is 14.8. The molecule has 1 amide bonds. The fourth-order valence-electron chi connectivity index (χ4n) is 2.54. The topological polar surface area (TPSA) is 34.0 Å². The fourth-order valence-corrected chi connectivity index (χ4v) is 2.54. The first-order chi connectivity index (χ1) is 10.2. The number of anilines is 1. The van der Waals surface area contributed by atoms with E-state index in [9.17, 15) is 4.79 Å². The van der Waals surface area contributed by atoms with E-state index in [-0.39, 0.29) is 5.91 Å². The van der Waals surface area contributed by atoms with Gasteiger partial charge in [-0.05, 0) is 30.2 Å². The molecule has 106 valence electrons. The molecule has 3 rings (SSSR count). The molecule has 3 nitrogen and oxygen atoms in total. The molecule has 2 aromatic carbocycles. The van der Waals surface area contributed by atoms with Gasteiger partial charge in [-0.2, -0.15) is 0 Å². The highest BCUT2D eigenvalue weighted by atomic mass is 16.1. The lowest BCUT2D eigenvalue weighted by molar-refractivity contribution is 0.102. The van der Waals surface area contributed by atoms with Gasteiger partial charge in [-0.3, -0.25) is 4.79 Å². The van der Waals surface area contributed by atoms with Crippen LogP contribution in [0.15, 0.2) is 54.7 Å². The number of amides is 1. The Bertz CT molecular complexity index is 785. The zero-order valence-electron chi connectivity index (χ0n) is 12.3. The molecule has 1 N–H and O–H groups in total. The molecule has 0 aliphatic heterocycles. The van der Waals surface area contributed by atoms with Crippen molar-refractivity contribution in [2.24, 2.45) is 7.05 Å². The van der Waals surface area contributed by atoms with Crippen LogP contribution < -0.4 is 5.32 Å². The predicted octanol–water partition coefficient (Wildman–Crippen LogP) is 3.99. The highest BCUT2D eigenvalue weighted by Crippen LogP contribution is 2.21. The van der Waals surface area contributed by atoms with Crippen molar-refractivity contribution in [2.75, 3.05) is 5.32 Å². The molecule has 0 fully saturated rings. The molecule has 0 atom stereocenters. The van der Waals surface area contributed by atoms with Crippen molar-refractivity contribution < 1.29 is 4.79 Å². The SMILES string of the molecule is CCc1ccc(NC(=O)c2cn(C)c3ccccc23)cc1. The third kappa shape index (κ3) is 2.55. The Hall–Kier alpha value is -2.55. The molecule has 1 aromatic heterocycles. The molecule has 0 aliphatic rings. The molecule has 0 spiro atoms. The van der Waals surface area contributed by atoms with Crippen molar-refractivity contribution in [2.45, 2.75) is 13.3 Å². The number of hydrogen-bond acceptors (Lipinski definition) is 1. The van der Waals surface area contributed by atoms with Crippen LogP contribution in [0.25, 0.3) is 10.9 Å². The van der Waals surface area contributed by atoms with Gasteiger partial charge in [-0.1, -0.05) is 37.3 Å². The van der Waals surface area contributed by atoms with E-state index in [4.69, 9.17) is 0 Å². The Kier molecular flexibility index (Phi) is 3.48. The van der Waals surface area contributed by atoms with Crippen LogP contribution >= 0.6 is 0 Å². The summed E-state index contributed by atoms with van der Waals surface area (Å²) in [6.07, 6.45) is 2.87. The first kappa shape index (κ1) is 13.4. The van der Waals surface area contributed by atoms with Gasteiger partial charge >= 0.3 is 0 Å². The van der Waals surface area contributed by atoms with Crippen molar-refractivity contribution in [3.8, 4) is 0 Å². The second kappa shape index (κ2) is 5.44. The smallest absolute Gasteiger partial charge is 0.257 e. The van der Waals surface area contributed by atoms with Crippen LogP contribution in [0.4, 0.5) is 5.69 Å². The molecule has 0 bridgehead atoms. The van der Waals surface area contributed by atoms with Gasteiger partial charge in [-0.15, -0.1) is 0 Å². The molecule has 0 radical (unpaired) electrons. The van der Waals surface area contributed by atoms with Crippen molar-refractivity contribution >= 4 is 22.5 Å². The first-order valence-electron chi connectivity index (χ1n) is 7.13. The number of rotatable bonds is 3. The van der Waals surface area contributed by atoms with Crippen LogP contribution in [0.3, 0.4) is 0 Å². The van der Waals surface area contributed by atoms with Crippen molar-refractivity contribution in [3.05, 3.63) is 65.9 Å². The Labute approximate surface area is 124 Å². The maximum absolute atomic E-state index is 12.5. The summed E-state index contributed by atoms with van der Waals surface area (Å²) in [6, 6.07) is 15.9. The maximum Gasteiger partial charge on any atom is 0.257 e. The summed E-state index contributed by atoms with van der Waals surface area (Å²) in [4.78, 5) is 12.5. The minimum absolute atomic E-state index is 0.0731. The van der Waals surface area contributed by atoms with E-state index in [0.29, 0.717) is 5.56 Å². The zero-order valence-corrected chi connectivity index (χ0v) is 12.3. The standard InChI is InChI=1S/C18H18N2O/c1-3-13-8-10-14(11-9-13)19-18(21)16-12-20(2)17-7-5-4-6-15(16)17/h4-12H,3H2,1-2H3,(H,19,21). The minimum Gasteiger partial charge on any atom is -0.350 e. The van der Waals surface area contributed by atoms with Crippen LogP contribution in [-0.4, -0.2) is 10.5 Å². The van der Waals surface area contributed by atoms with E-state index in [1.807, 2.05) is 66.3 Å². The summed E-state index contributed by atoms with van der Waals surface area (Å²) >= 11 is 0. The number of benzene rings is 2. The molecular formula is C18H18N2O. The van der Waals surface area contributed by atoms with Gasteiger partial charge in [0.05, 0.1) is 5.56 Å². The average Bonchev–Trinajstić information content (AvgIpc) is 2.86. The summed E-state index contributed by atoms with van der Waals surface area (Å²) in [5.41, 5.74) is 3.85. The number of aryl methyl sites for hydroxylation is 2. The first-order valence-corrected chi connectivity index (χ1v) is 7.13. The van der Waals surface area contributed by atoms with E-state index >= 15 is 0 Å². The molecule has 3 heteroatoms. The maximum atomic E-state index is 12.5. The number of carbonyl (C=O) groups excluding carboxylic acids is 1. The number of hydrogen-bond donors (Lipinski definition) is 1. The van der Waals surface area contributed by atoms with Gasteiger partial charge in [0.2, 0.25) is 0 Å². The van der Waals surface area contributed by atoms with E-state index < -0.39 is 0 Å². The average molecular weight is 278 g/mol. The molecule has 0 aliphatic carbocycles. The van der Waals surface area contributed by atoms with E-state index in [1.54, 1.807) is 0 Å². The lowest BCUT2D eigenvalue weighted by Crippen LogP contribution is -2.11. The van der Waals surface area contributed by atoms with E-state index in [2.05, 4.69) is 12.2 Å². The van der Waals surface area contributed by atoms with Gasteiger partial charge in [0.15, 0.2) is 0 Å². The summed E-state index contributed by atoms with van der Waals surface area (Å²) in [7, 11) is 1.95. The minimum atomic E-state index is -0.0731. The van der Waals surface area contributed by atoms with Crippen LogP contribution in [0.1, 0.15) is 22.8 Å². The second-order valence-electron chi connectivity index (χ2n) is 5.18. The molecule has 0 saturated carbocycles. The fraction of sp³-hybridized carbons (Fsp3) is 0.167. The number of fused-ring (bicyclic) bond motifs is 1. The van der Waals surface area contributed by atoms with Crippen LogP contribution in [0.5, 0.6) is 0 Å². The molecule has 0 saturated heterocycles. The Morgan fingerprint density at radius 1 is 1.10 bits per heavy atom. The summed E-state index contributed by atoms with van der Waals surface area (Å²) < 4.78 is 1.98. The number of carbonyl (C=O) groups is 1. The molecule has 3 aromatic rings. The van der Waals surface area contributed by atoms with Gasteiger partial charge in [0, 0.05) is 29.8 Å². The Morgan fingerprint density at radius 2 is 1.81 bits per heavy atom.